The highest BCUT2D eigenvalue weighted by Crippen LogP contribution is 2.14. The predicted octanol–water partition coefficient (Wildman–Crippen LogP) is 4.98. The van der Waals surface area contributed by atoms with Gasteiger partial charge in [-0.1, -0.05) is 58.8 Å². The van der Waals surface area contributed by atoms with Crippen LogP contribution in [0, 0.1) is 0 Å². The molecular formula is C19H40N2. The molecule has 0 radical (unpaired) electrons. The van der Waals surface area contributed by atoms with Gasteiger partial charge in [-0.05, 0) is 45.7 Å². The summed E-state index contributed by atoms with van der Waals surface area (Å²) in [6.07, 6.45) is 15.3. The standard InChI is InChI=1S/C19H40N2/c1-4-6-9-13-19(14-10-7-5-2)20-17-18(3)21-15-11-8-12-16-21/h18-20H,4-17H2,1-3H3. The number of unbranched alkanes of at least 4 members (excludes halogenated alkanes) is 4. The lowest BCUT2D eigenvalue weighted by atomic mass is 10.0. The second kappa shape index (κ2) is 12.5. The van der Waals surface area contributed by atoms with Gasteiger partial charge in [-0.15, -0.1) is 0 Å². The fourth-order valence-electron chi connectivity index (χ4n) is 3.46. The van der Waals surface area contributed by atoms with E-state index in [4.69, 9.17) is 0 Å². The van der Waals surface area contributed by atoms with E-state index >= 15 is 0 Å². The highest BCUT2D eigenvalue weighted by Gasteiger charge is 2.17. The molecule has 0 aromatic carbocycles. The van der Waals surface area contributed by atoms with Gasteiger partial charge in [0.1, 0.15) is 0 Å². The molecule has 0 spiro atoms. The molecule has 2 heteroatoms. The molecule has 21 heavy (non-hydrogen) atoms. The first-order valence-corrected chi connectivity index (χ1v) is 9.75. The fourth-order valence-corrected chi connectivity index (χ4v) is 3.46. The van der Waals surface area contributed by atoms with Crippen LogP contribution in [0.25, 0.3) is 0 Å². The van der Waals surface area contributed by atoms with Crippen LogP contribution in [0.1, 0.15) is 91.4 Å². The molecule has 1 aliphatic rings. The minimum Gasteiger partial charge on any atom is -0.312 e. The molecule has 1 fully saturated rings. The number of nitrogens with one attached hydrogen (secondary N) is 1. The first-order valence-electron chi connectivity index (χ1n) is 9.75. The lowest BCUT2D eigenvalue weighted by Gasteiger charge is -2.33. The Labute approximate surface area is 134 Å². The molecule has 0 aromatic rings. The van der Waals surface area contributed by atoms with Crippen LogP contribution in [-0.4, -0.2) is 36.6 Å². The van der Waals surface area contributed by atoms with Crippen molar-refractivity contribution in [3.63, 3.8) is 0 Å². The molecule has 126 valence electrons. The summed E-state index contributed by atoms with van der Waals surface area (Å²) in [6.45, 7) is 10.8. The predicted molar refractivity (Wildman–Crippen MR) is 95.0 cm³/mol. The summed E-state index contributed by atoms with van der Waals surface area (Å²) in [5.74, 6) is 0. The molecule has 1 rings (SSSR count). The summed E-state index contributed by atoms with van der Waals surface area (Å²) in [5, 5.41) is 3.89. The molecule has 1 N–H and O–H groups in total. The zero-order chi connectivity index (χ0) is 15.3. The molecule has 1 saturated heterocycles. The summed E-state index contributed by atoms with van der Waals surface area (Å²) in [6, 6.07) is 1.47. The smallest absolute Gasteiger partial charge is 0.0192 e. The molecule has 0 aliphatic carbocycles. The second-order valence-electron chi connectivity index (χ2n) is 7.04. The first kappa shape index (κ1) is 19.0. The lowest BCUT2D eigenvalue weighted by Crippen LogP contribution is -2.45. The van der Waals surface area contributed by atoms with Crippen LogP contribution in [0.3, 0.4) is 0 Å². The van der Waals surface area contributed by atoms with E-state index in [9.17, 15) is 0 Å². The molecule has 0 amide bonds. The van der Waals surface area contributed by atoms with E-state index in [0.717, 1.165) is 6.04 Å². The van der Waals surface area contributed by atoms with Crippen LogP contribution in [0.2, 0.25) is 0 Å². The Kier molecular flexibility index (Phi) is 11.3. The molecule has 0 aromatic heterocycles. The summed E-state index contributed by atoms with van der Waals surface area (Å²) >= 11 is 0. The van der Waals surface area contributed by atoms with Gasteiger partial charge in [0.05, 0.1) is 0 Å². The topological polar surface area (TPSA) is 15.3 Å². The lowest BCUT2D eigenvalue weighted by molar-refractivity contribution is 0.166. The van der Waals surface area contributed by atoms with Gasteiger partial charge in [-0.25, -0.2) is 0 Å². The molecule has 1 atom stereocenters. The maximum absolute atomic E-state index is 3.89. The third kappa shape index (κ3) is 8.83. The molecule has 2 nitrogen and oxygen atoms in total. The Morgan fingerprint density at radius 3 is 1.95 bits per heavy atom. The first-order chi connectivity index (χ1) is 10.3. The van der Waals surface area contributed by atoms with E-state index in [0.29, 0.717) is 6.04 Å². The molecular weight excluding hydrogens is 256 g/mol. The second-order valence-corrected chi connectivity index (χ2v) is 7.04. The Balaban J connectivity index is 2.24. The number of rotatable bonds is 12. The molecule has 1 unspecified atom stereocenters. The minimum absolute atomic E-state index is 0.713. The van der Waals surface area contributed by atoms with Crippen LogP contribution in [0.4, 0.5) is 0 Å². The van der Waals surface area contributed by atoms with E-state index in [1.54, 1.807) is 0 Å². The fraction of sp³-hybridized carbons (Fsp3) is 1.00. The van der Waals surface area contributed by atoms with Gasteiger partial charge in [0, 0.05) is 18.6 Å². The maximum Gasteiger partial charge on any atom is 0.0192 e. The van der Waals surface area contributed by atoms with E-state index < -0.39 is 0 Å². The Morgan fingerprint density at radius 1 is 0.857 bits per heavy atom. The number of hydrogen-bond acceptors (Lipinski definition) is 2. The van der Waals surface area contributed by atoms with Gasteiger partial charge < -0.3 is 5.32 Å². The van der Waals surface area contributed by atoms with Crippen LogP contribution >= 0.6 is 0 Å². The van der Waals surface area contributed by atoms with Crippen LogP contribution in [0.5, 0.6) is 0 Å². The van der Waals surface area contributed by atoms with Crippen LogP contribution in [-0.2, 0) is 0 Å². The van der Waals surface area contributed by atoms with Crippen molar-refractivity contribution in [2.75, 3.05) is 19.6 Å². The van der Waals surface area contributed by atoms with E-state index in [1.165, 1.54) is 90.3 Å². The Bertz CT molecular complexity index is 214. The van der Waals surface area contributed by atoms with Gasteiger partial charge in [-0.3, -0.25) is 4.90 Å². The highest BCUT2D eigenvalue weighted by atomic mass is 15.2. The van der Waals surface area contributed by atoms with Crippen molar-refractivity contribution in [3.8, 4) is 0 Å². The van der Waals surface area contributed by atoms with Gasteiger partial charge in [-0.2, -0.15) is 0 Å². The Hall–Kier alpha value is -0.0800. The van der Waals surface area contributed by atoms with Gasteiger partial charge in [0.15, 0.2) is 0 Å². The monoisotopic (exact) mass is 296 g/mol. The van der Waals surface area contributed by atoms with Crippen molar-refractivity contribution in [2.45, 2.75) is 103 Å². The Morgan fingerprint density at radius 2 is 1.43 bits per heavy atom. The van der Waals surface area contributed by atoms with Crippen molar-refractivity contribution in [1.82, 2.24) is 10.2 Å². The number of hydrogen-bond donors (Lipinski definition) is 1. The van der Waals surface area contributed by atoms with Gasteiger partial charge in [0.2, 0.25) is 0 Å². The van der Waals surface area contributed by atoms with Crippen LogP contribution < -0.4 is 5.32 Å². The zero-order valence-corrected chi connectivity index (χ0v) is 15.0. The summed E-state index contributed by atoms with van der Waals surface area (Å²) in [4.78, 5) is 2.69. The van der Waals surface area contributed by atoms with E-state index in [-0.39, 0.29) is 0 Å². The molecule has 1 heterocycles. The average Bonchev–Trinajstić information content (AvgIpc) is 2.53. The third-order valence-corrected chi connectivity index (χ3v) is 5.03. The van der Waals surface area contributed by atoms with Gasteiger partial charge in [0.25, 0.3) is 0 Å². The van der Waals surface area contributed by atoms with Crippen molar-refractivity contribution < 1.29 is 0 Å². The average molecular weight is 297 g/mol. The zero-order valence-electron chi connectivity index (χ0n) is 15.0. The summed E-state index contributed by atoms with van der Waals surface area (Å²) < 4.78 is 0. The van der Waals surface area contributed by atoms with Crippen LogP contribution in [0.15, 0.2) is 0 Å². The molecule has 0 saturated carbocycles. The normalized spacial score (nSPS) is 18.3. The minimum atomic E-state index is 0.713. The maximum atomic E-state index is 3.89. The van der Waals surface area contributed by atoms with E-state index in [1.807, 2.05) is 0 Å². The number of piperidine rings is 1. The summed E-state index contributed by atoms with van der Waals surface area (Å²) in [7, 11) is 0. The molecule has 1 aliphatic heterocycles. The quantitative estimate of drug-likeness (QED) is 0.511. The van der Waals surface area contributed by atoms with Crippen molar-refractivity contribution in [1.29, 1.82) is 0 Å². The summed E-state index contributed by atoms with van der Waals surface area (Å²) in [5.41, 5.74) is 0. The van der Waals surface area contributed by atoms with Crippen molar-refractivity contribution in [3.05, 3.63) is 0 Å². The highest BCUT2D eigenvalue weighted by molar-refractivity contribution is 4.76. The van der Waals surface area contributed by atoms with Crippen molar-refractivity contribution >= 4 is 0 Å². The third-order valence-electron chi connectivity index (χ3n) is 5.03. The SMILES string of the molecule is CCCCCC(CCCCC)NCC(C)N1CCCCC1. The largest absolute Gasteiger partial charge is 0.312 e. The van der Waals surface area contributed by atoms with E-state index in [2.05, 4.69) is 31.0 Å². The number of likely N-dealkylation sites (tertiary alicyclic amines) is 1. The van der Waals surface area contributed by atoms with Crippen molar-refractivity contribution in [2.24, 2.45) is 0 Å². The van der Waals surface area contributed by atoms with Gasteiger partial charge >= 0.3 is 0 Å². The number of nitrogens with zero attached hydrogens (tertiary/aromatic N) is 1. The molecule has 0 bridgehead atoms.